The highest BCUT2D eigenvalue weighted by atomic mass is 16.5. The lowest BCUT2D eigenvalue weighted by atomic mass is 10.0. The van der Waals surface area contributed by atoms with E-state index in [0.717, 1.165) is 17.7 Å². The number of carbonyl (C=O) groups excluding carboxylic acids is 1. The second-order valence-electron chi connectivity index (χ2n) is 6.22. The number of rotatable bonds is 8. The number of aliphatic hydroxyl groups excluding tert-OH is 1. The predicted octanol–water partition coefficient (Wildman–Crippen LogP) is 3.16. The number of benzene rings is 1. The highest BCUT2D eigenvalue weighted by Crippen LogP contribution is 2.25. The molecule has 0 saturated carbocycles. The molecular weight excluding hydrogens is 278 g/mol. The molecule has 124 valence electrons. The minimum atomic E-state index is -0.544. The van der Waals surface area contributed by atoms with Crippen molar-refractivity contribution < 1.29 is 14.6 Å². The van der Waals surface area contributed by atoms with Gasteiger partial charge in [-0.3, -0.25) is 4.79 Å². The average molecular weight is 307 g/mol. The molecule has 0 aliphatic rings. The standard InChI is InChI=1S/C18H29NO3/c1-12(2)16-9-8-13(3)17(11-16)22-15(5)18(21)19-14(4)7-6-10-20/h8-9,11-12,14-15,20H,6-7,10H2,1-5H3,(H,19,21). The third-order valence-corrected chi connectivity index (χ3v) is 3.74. The van der Waals surface area contributed by atoms with Gasteiger partial charge in [0.25, 0.3) is 5.91 Å². The van der Waals surface area contributed by atoms with Gasteiger partial charge in [0.05, 0.1) is 0 Å². The van der Waals surface area contributed by atoms with Gasteiger partial charge in [-0.2, -0.15) is 0 Å². The molecule has 1 amide bonds. The average Bonchev–Trinajstić information content (AvgIpc) is 2.46. The number of nitrogens with one attached hydrogen (secondary N) is 1. The topological polar surface area (TPSA) is 58.6 Å². The Morgan fingerprint density at radius 1 is 1.27 bits per heavy atom. The smallest absolute Gasteiger partial charge is 0.260 e. The van der Waals surface area contributed by atoms with Crippen LogP contribution in [0.4, 0.5) is 0 Å². The van der Waals surface area contributed by atoms with Gasteiger partial charge in [-0.15, -0.1) is 0 Å². The van der Waals surface area contributed by atoms with Crippen LogP contribution in [0.2, 0.25) is 0 Å². The molecule has 0 fully saturated rings. The fourth-order valence-corrected chi connectivity index (χ4v) is 2.18. The van der Waals surface area contributed by atoms with Crippen molar-refractivity contribution in [2.24, 2.45) is 0 Å². The van der Waals surface area contributed by atoms with Crippen LogP contribution >= 0.6 is 0 Å². The number of hydrogen-bond donors (Lipinski definition) is 2. The zero-order valence-electron chi connectivity index (χ0n) is 14.3. The van der Waals surface area contributed by atoms with E-state index in [1.165, 1.54) is 5.56 Å². The van der Waals surface area contributed by atoms with E-state index in [9.17, 15) is 4.79 Å². The van der Waals surface area contributed by atoms with E-state index >= 15 is 0 Å². The summed E-state index contributed by atoms with van der Waals surface area (Å²) in [5.41, 5.74) is 2.22. The SMILES string of the molecule is Cc1ccc(C(C)C)cc1OC(C)C(=O)NC(C)CCCO. The Labute approximate surface area is 133 Å². The van der Waals surface area contributed by atoms with Crippen LogP contribution in [-0.2, 0) is 4.79 Å². The first-order chi connectivity index (χ1) is 10.3. The molecule has 0 aromatic heterocycles. The van der Waals surface area contributed by atoms with Crippen molar-refractivity contribution in [1.82, 2.24) is 5.32 Å². The summed E-state index contributed by atoms with van der Waals surface area (Å²) in [4.78, 5) is 12.2. The summed E-state index contributed by atoms with van der Waals surface area (Å²) in [5, 5.41) is 11.7. The summed E-state index contributed by atoms with van der Waals surface area (Å²) < 4.78 is 5.84. The molecule has 0 aliphatic carbocycles. The van der Waals surface area contributed by atoms with Crippen molar-refractivity contribution in [3.8, 4) is 5.75 Å². The maximum absolute atomic E-state index is 12.2. The normalized spacial score (nSPS) is 13.8. The van der Waals surface area contributed by atoms with Gasteiger partial charge in [0.15, 0.2) is 6.10 Å². The molecule has 0 aliphatic heterocycles. The zero-order chi connectivity index (χ0) is 16.7. The first-order valence-electron chi connectivity index (χ1n) is 8.03. The van der Waals surface area contributed by atoms with E-state index in [1.54, 1.807) is 6.92 Å². The van der Waals surface area contributed by atoms with Crippen LogP contribution in [-0.4, -0.2) is 29.8 Å². The van der Waals surface area contributed by atoms with Crippen LogP contribution in [0.15, 0.2) is 18.2 Å². The fourth-order valence-electron chi connectivity index (χ4n) is 2.18. The molecule has 0 bridgehead atoms. The Morgan fingerprint density at radius 2 is 1.95 bits per heavy atom. The summed E-state index contributed by atoms with van der Waals surface area (Å²) in [6, 6.07) is 6.17. The molecule has 1 aromatic rings. The maximum atomic E-state index is 12.2. The maximum Gasteiger partial charge on any atom is 0.260 e. The number of ether oxygens (including phenoxy) is 1. The van der Waals surface area contributed by atoms with Crippen LogP contribution in [0.5, 0.6) is 5.75 Å². The highest BCUT2D eigenvalue weighted by Gasteiger charge is 2.18. The van der Waals surface area contributed by atoms with Gasteiger partial charge in [-0.1, -0.05) is 26.0 Å². The predicted molar refractivity (Wildman–Crippen MR) is 89.3 cm³/mol. The van der Waals surface area contributed by atoms with Crippen molar-refractivity contribution >= 4 is 5.91 Å². The minimum absolute atomic E-state index is 0.0359. The van der Waals surface area contributed by atoms with E-state index in [2.05, 4.69) is 25.2 Å². The second-order valence-corrected chi connectivity index (χ2v) is 6.22. The molecule has 1 aromatic carbocycles. The van der Waals surface area contributed by atoms with Gasteiger partial charge in [0.2, 0.25) is 0 Å². The number of aliphatic hydroxyl groups is 1. The molecule has 4 heteroatoms. The Morgan fingerprint density at radius 3 is 2.55 bits per heavy atom. The summed E-state index contributed by atoms with van der Waals surface area (Å²) in [6.45, 7) is 10.1. The Bertz CT molecular complexity index is 485. The molecule has 2 atom stereocenters. The van der Waals surface area contributed by atoms with E-state index in [4.69, 9.17) is 9.84 Å². The van der Waals surface area contributed by atoms with Gasteiger partial charge < -0.3 is 15.2 Å². The van der Waals surface area contributed by atoms with Crippen molar-refractivity contribution in [2.45, 2.75) is 65.5 Å². The fraction of sp³-hybridized carbons (Fsp3) is 0.611. The van der Waals surface area contributed by atoms with Crippen molar-refractivity contribution in [3.05, 3.63) is 29.3 Å². The first-order valence-corrected chi connectivity index (χ1v) is 8.03. The van der Waals surface area contributed by atoms with Crippen LogP contribution in [0.25, 0.3) is 0 Å². The van der Waals surface area contributed by atoms with Crippen LogP contribution in [0.3, 0.4) is 0 Å². The first kappa shape index (κ1) is 18.5. The van der Waals surface area contributed by atoms with Crippen molar-refractivity contribution in [1.29, 1.82) is 0 Å². The largest absolute Gasteiger partial charge is 0.481 e. The highest BCUT2D eigenvalue weighted by molar-refractivity contribution is 5.81. The Hall–Kier alpha value is -1.55. The molecule has 0 spiro atoms. The molecule has 0 heterocycles. The van der Waals surface area contributed by atoms with Gasteiger partial charge in [-0.05, 0) is 56.7 Å². The third-order valence-electron chi connectivity index (χ3n) is 3.74. The van der Waals surface area contributed by atoms with Crippen molar-refractivity contribution in [2.75, 3.05) is 6.61 Å². The molecule has 2 unspecified atom stereocenters. The molecular formula is C18H29NO3. The van der Waals surface area contributed by atoms with Gasteiger partial charge in [-0.25, -0.2) is 0 Å². The summed E-state index contributed by atoms with van der Waals surface area (Å²) in [6.07, 6.45) is 0.904. The lowest BCUT2D eigenvalue weighted by molar-refractivity contribution is -0.127. The van der Waals surface area contributed by atoms with Gasteiger partial charge >= 0.3 is 0 Å². The monoisotopic (exact) mass is 307 g/mol. The number of amides is 1. The number of aryl methyl sites for hydroxylation is 1. The second kappa shape index (κ2) is 8.79. The zero-order valence-corrected chi connectivity index (χ0v) is 14.3. The van der Waals surface area contributed by atoms with Crippen LogP contribution in [0.1, 0.15) is 57.6 Å². The van der Waals surface area contributed by atoms with Crippen LogP contribution in [0, 0.1) is 6.92 Å². The quantitative estimate of drug-likeness (QED) is 0.775. The summed E-state index contributed by atoms with van der Waals surface area (Å²) in [7, 11) is 0. The van der Waals surface area contributed by atoms with E-state index < -0.39 is 6.10 Å². The van der Waals surface area contributed by atoms with Crippen molar-refractivity contribution in [3.63, 3.8) is 0 Å². The van der Waals surface area contributed by atoms with Crippen LogP contribution < -0.4 is 10.1 Å². The molecule has 0 saturated heterocycles. The van der Waals surface area contributed by atoms with E-state index in [1.807, 2.05) is 26.0 Å². The molecule has 22 heavy (non-hydrogen) atoms. The minimum Gasteiger partial charge on any atom is -0.481 e. The Balaban J connectivity index is 2.65. The number of carbonyl (C=O) groups is 1. The molecule has 1 rings (SSSR count). The van der Waals surface area contributed by atoms with E-state index in [-0.39, 0.29) is 18.6 Å². The summed E-state index contributed by atoms with van der Waals surface area (Å²) >= 11 is 0. The van der Waals surface area contributed by atoms with Gasteiger partial charge in [0.1, 0.15) is 5.75 Å². The lowest BCUT2D eigenvalue weighted by Gasteiger charge is -2.20. The Kier molecular flexibility index (Phi) is 7.39. The van der Waals surface area contributed by atoms with Gasteiger partial charge in [0, 0.05) is 12.6 Å². The third kappa shape index (κ3) is 5.68. The summed E-state index contributed by atoms with van der Waals surface area (Å²) in [5.74, 6) is 1.06. The lowest BCUT2D eigenvalue weighted by Crippen LogP contribution is -2.41. The van der Waals surface area contributed by atoms with E-state index in [0.29, 0.717) is 12.3 Å². The number of hydrogen-bond acceptors (Lipinski definition) is 3. The molecule has 4 nitrogen and oxygen atoms in total. The molecule has 2 N–H and O–H groups in total. The molecule has 0 radical (unpaired) electrons.